The third-order valence-corrected chi connectivity index (χ3v) is 2.42. The Morgan fingerprint density at radius 1 is 1.50 bits per heavy atom. The predicted octanol–water partition coefficient (Wildman–Crippen LogP) is 1.70. The fourth-order valence-electron chi connectivity index (χ4n) is 1.65. The Hall–Kier alpha value is -0.830. The zero-order valence-electron chi connectivity index (χ0n) is 9.67. The number of nitrogens with one attached hydrogen (secondary N) is 1. The van der Waals surface area contributed by atoms with Crippen LogP contribution in [0.4, 0.5) is 0 Å². The number of aromatic nitrogens is 2. The van der Waals surface area contributed by atoms with E-state index in [9.17, 15) is 0 Å². The molecule has 80 valence electrons. The SMILES string of the molecule is CNCCCc1cc(C(C)C)n(C)n1. The van der Waals surface area contributed by atoms with E-state index in [-0.39, 0.29) is 0 Å². The zero-order chi connectivity index (χ0) is 10.6. The zero-order valence-corrected chi connectivity index (χ0v) is 9.67. The van der Waals surface area contributed by atoms with Crippen LogP contribution in [0.1, 0.15) is 37.6 Å². The summed E-state index contributed by atoms with van der Waals surface area (Å²) in [4.78, 5) is 0. The first-order valence-corrected chi connectivity index (χ1v) is 5.32. The van der Waals surface area contributed by atoms with Crippen molar-refractivity contribution >= 4 is 0 Å². The van der Waals surface area contributed by atoms with Gasteiger partial charge in [-0.15, -0.1) is 0 Å². The molecule has 0 aliphatic carbocycles. The van der Waals surface area contributed by atoms with Gasteiger partial charge in [0, 0.05) is 12.7 Å². The van der Waals surface area contributed by atoms with Gasteiger partial charge in [-0.2, -0.15) is 5.10 Å². The highest BCUT2D eigenvalue weighted by atomic mass is 15.3. The van der Waals surface area contributed by atoms with Gasteiger partial charge in [0.1, 0.15) is 0 Å². The number of aryl methyl sites for hydroxylation is 2. The van der Waals surface area contributed by atoms with Gasteiger partial charge in [-0.3, -0.25) is 4.68 Å². The normalized spacial score (nSPS) is 11.2. The molecule has 0 atom stereocenters. The summed E-state index contributed by atoms with van der Waals surface area (Å²) in [7, 11) is 4.01. The van der Waals surface area contributed by atoms with Crippen molar-refractivity contribution in [1.29, 1.82) is 0 Å². The summed E-state index contributed by atoms with van der Waals surface area (Å²) in [6, 6.07) is 2.22. The Balaban J connectivity index is 2.57. The first-order valence-electron chi connectivity index (χ1n) is 5.32. The van der Waals surface area contributed by atoms with Crippen molar-refractivity contribution in [3.63, 3.8) is 0 Å². The van der Waals surface area contributed by atoms with Crippen molar-refractivity contribution < 1.29 is 0 Å². The van der Waals surface area contributed by atoms with E-state index in [1.807, 2.05) is 18.8 Å². The maximum atomic E-state index is 4.49. The predicted molar refractivity (Wildman–Crippen MR) is 59.5 cm³/mol. The molecule has 1 N–H and O–H groups in total. The highest BCUT2D eigenvalue weighted by molar-refractivity contribution is 5.13. The average molecular weight is 195 g/mol. The molecule has 0 unspecified atom stereocenters. The molecule has 0 aromatic carbocycles. The maximum absolute atomic E-state index is 4.49. The summed E-state index contributed by atoms with van der Waals surface area (Å²) in [5.41, 5.74) is 2.54. The van der Waals surface area contributed by atoms with E-state index < -0.39 is 0 Å². The molecule has 0 radical (unpaired) electrons. The molecule has 0 aliphatic heterocycles. The summed E-state index contributed by atoms with van der Waals surface area (Å²) >= 11 is 0. The smallest absolute Gasteiger partial charge is 0.0628 e. The van der Waals surface area contributed by atoms with Crippen LogP contribution in [0.15, 0.2) is 6.07 Å². The van der Waals surface area contributed by atoms with E-state index in [0.29, 0.717) is 5.92 Å². The second-order valence-corrected chi connectivity index (χ2v) is 4.05. The fourth-order valence-corrected chi connectivity index (χ4v) is 1.65. The molecule has 0 fully saturated rings. The first-order chi connectivity index (χ1) is 6.65. The van der Waals surface area contributed by atoms with Gasteiger partial charge < -0.3 is 5.32 Å². The quantitative estimate of drug-likeness (QED) is 0.725. The summed E-state index contributed by atoms with van der Waals surface area (Å²) in [6.07, 6.45) is 2.23. The minimum absolute atomic E-state index is 0.561. The molecule has 0 spiro atoms. The van der Waals surface area contributed by atoms with Crippen molar-refractivity contribution in [1.82, 2.24) is 15.1 Å². The van der Waals surface area contributed by atoms with Gasteiger partial charge in [0.25, 0.3) is 0 Å². The molecule has 1 rings (SSSR count). The van der Waals surface area contributed by atoms with Crippen LogP contribution in [0.2, 0.25) is 0 Å². The minimum atomic E-state index is 0.561. The van der Waals surface area contributed by atoms with E-state index in [2.05, 4.69) is 30.3 Å². The van der Waals surface area contributed by atoms with Crippen molar-refractivity contribution in [2.75, 3.05) is 13.6 Å². The molecule has 1 aromatic heterocycles. The number of hydrogen-bond donors (Lipinski definition) is 1. The van der Waals surface area contributed by atoms with E-state index >= 15 is 0 Å². The van der Waals surface area contributed by atoms with Gasteiger partial charge in [-0.1, -0.05) is 13.8 Å². The number of rotatable bonds is 5. The van der Waals surface area contributed by atoms with Crippen molar-refractivity contribution in [2.24, 2.45) is 7.05 Å². The van der Waals surface area contributed by atoms with Crippen LogP contribution >= 0.6 is 0 Å². The van der Waals surface area contributed by atoms with Crippen LogP contribution in [0.5, 0.6) is 0 Å². The molecule has 14 heavy (non-hydrogen) atoms. The Morgan fingerprint density at radius 3 is 2.71 bits per heavy atom. The minimum Gasteiger partial charge on any atom is -0.320 e. The Labute approximate surface area is 86.5 Å². The Kier molecular flexibility index (Phi) is 4.14. The lowest BCUT2D eigenvalue weighted by molar-refractivity contribution is 0.651. The molecular weight excluding hydrogens is 174 g/mol. The summed E-state index contributed by atoms with van der Waals surface area (Å²) in [5.74, 6) is 0.561. The molecule has 0 saturated heterocycles. The van der Waals surface area contributed by atoms with E-state index in [4.69, 9.17) is 0 Å². The maximum Gasteiger partial charge on any atom is 0.0628 e. The van der Waals surface area contributed by atoms with Crippen molar-refractivity contribution in [3.05, 3.63) is 17.5 Å². The summed E-state index contributed by atoms with van der Waals surface area (Å²) in [5, 5.41) is 7.64. The molecule has 3 nitrogen and oxygen atoms in total. The first kappa shape index (κ1) is 11.2. The Morgan fingerprint density at radius 2 is 2.21 bits per heavy atom. The van der Waals surface area contributed by atoms with Gasteiger partial charge in [0.2, 0.25) is 0 Å². The highest BCUT2D eigenvalue weighted by Gasteiger charge is 2.07. The molecule has 0 saturated carbocycles. The summed E-state index contributed by atoms with van der Waals surface area (Å²) < 4.78 is 2.00. The molecule has 3 heteroatoms. The lowest BCUT2D eigenvalue weighted by atomic mass is 10.1. The number of hydrogen-bond acceptors (Lipinski definition) is 2. The topological polar surface area (TPSA) is 29.9 Å². The molecule has 0 amide bonds. The van der Waals surface area contributed by atoms with Gasteiger partial charge in [0.05, 0.1) is 5.69 Å². The monoisotopic (exact) mass is 195 g/mol. The van der Waals surface area contributed by atoms with Gasteiger partial charge in [0.15, 0.2) is 0 Å². The molecule has 1 aromatic rings. The van der Waals surface area contributed by atoms with Gasteiger partial charge in [-0.25, -0.2) is 0 Å². The van der Waals surface area contributed by atoms with Crippen LogP contribution in [0.25, 0.3) is 0 Å². The lowest BCUT2D eigenvalue weighted by Gasteiger charge is -2.02. The second kappa shape index (κ2) is 5.15. The van der Waals surface area contributed by atoms with Crippen LogP contribution < -0.4 is 5.32 Å². The van der Waals surface area contributed by atoms with Crippen LogP contribution in [0, 0.1) is 0 Å². The molecule has 0 aliphatic rings. The largest absolute Gasteiger partial charge is 0.320 e. The van der Waals surface area contributed by atoms with E-state index in [1.54, 1.807) is 0 Å². The highest BCUT2D eigenvalue weighted by Crippen LogP contribution is 2.15. The Bertz CT molecular complexity index is 276. The average Bonchev–Trinajstić information content (AvgIpc) is 2.47. The van der Waals surface area contributed by atoms with E-state index in [0.717, 1.165) is 19.4 Å². The molecule has 1 heterocycles. The van der Waals surface area contributed by atoms with Crippen LogP contribution in [-0.4, -0.2) is 23.4 Å². The van der Waals surface area contributed by atoms with Crippen molar-refractivity contribution in [2.45, 2.75) is 32.6 Å². The second-order valence-electron chi connectivity index (χ2n) is 4.05. The lowest BCUT2D eigenvalue weighted by Crippen LogP contribution is -2.08. The standard InChI is InChI=1S/C11H21N3/c1-9(2)11-8-10(13-14(11)4)6-5-7-12-3/h8-9,12H,5-7H2,1-4H3. The van der Waals surface area contributed by atoms with E-state index in [1.165, 1.54) is 11.4 Å². The van der Waals surface area contributed by atoms with Crippen LogP contribution in [-0.2, 0) is 13.5 Å². The number of nitrogens with zero attached hydrogens (tertiary/aromatic N) is 2. The fraction of sp³-hybridized carbons (Fsp3) is 0.727. The van der Waals surface area contributed by atoms with Gasteiger partial charge in [-0.05, 0) is 38.4 Å². The van der Waals surface area contributed by atoms with Crippen LogP contribution in [0.3, 0.4) is 0 Å². The molecule has 0 bridgehead atoms. The van der Waals surface area contributed by atoms with Gasteiger partial charge >= 0.3 is 0 Å². The third-order valence-electron chi connectivity index (χ3n) is 2.42. The third kappa shape index (κ3) is 2.84. The van der Waals surface area contributed by atoms with Crippen molar-refractivity contribution in [3.8, 4) is 0 Å². The molecular formula is C11H21N3. The summed E-state index contributed by atoms with van der Waals surface area (Å²) in [6.45, 7) is 5.47.